The Kier molecular flexibility index (Phi) is 8.45. The fourth-order valence-corrected chi connectivity index (χ4v) is 2.52. The van der Waals surface area contributed by atoms with Gasteiger partial charge in [-0.25, -0.2) is 0 Å². The van der Waals surface area contributed by atoms with E-state index in [1.807, 2.05) is 7.05 Å². The monoisotopic (exact) mass is 379 g/mol. The molecule has 0 bridgehead atoms. The molecule has 19 heavy (non-hydrogen) atoms. The molecule has 2 N–H and O–H groups in total. The van der Waals surface area contributed by atoms with E-state index in [1.165, 1.54) is 25.7 Å². The first-order chi connectivity index (χ1) is 8.88. The van der Waals surface area contributed by atoms with Crippen molar-refractivity contribution in [3.05, 3.63) is 12.2 Å². The molecule has 0 aromatic rings. The molecule has 0 aromatic heterocycles. The van der Waals surface area contributed by atoms with Crippen LogP contribution in [0, 0.1) is 5.92 Å². The Balaban J connectivity index is 0.00000180. The summed E-state index contributed by atoms with van der Waals surface area (Å²) in [7, 11) is 1.83. The van der Waals surface area contributed by atoms with Gasteiger partial charge in [0.25, 0.3) is 0 Å². The molecule has 5 heteroatoms. The molecule has 2 rings (SSSR count). The predicted octanol–water partition coefficient (Wildman–Crippen LogP) is 2.30. The zero-order valence-electron chi connectivity index (χ0n) is 11.7. The summed E-state index contributed by atoms with van der Waals surface area (Å²) >= 11 is 0. The van der Waals surface area contributed by atoms with E-state index in [0.717, 1.165) is 38.0 Å². The molecule has 0 aromatic carbocycles. The van der Waals surface area contributed by atoms with Crippen molar-refractivity contribution in [2.75, 3.05) is 26.7 Å². The van der Waals surface area contributed by atoms with Crippen molar-refractivity contribution in [2.24, 2.45) is 10.9 Å². The van der Waals surface area contributed by atoms with E-state index >= 15 is 0 Å². The van der Waals surface area contributed by atoms with Gasteiger partial charge in [0.05, 0.1) is 6.10 Å². The van der Waals surface area contributed by atoms with Gasteiger partial charge in [0, 0.05) is 26.7 Å². The lowest BCUT2D eigenvalue weighted by molar-refractivity contribution is 0.114. The highest BCUT2D eigenvalue weighted by atomic mass is 127. The van der Waals surface area contributed by atoms with Crippen LogP contribution in [0.25, 0.3) is 0 Å². The molecule has 0 amide bonds. The van der Waals surface area contributed by atoms with Gasteiger partial charge in [-0.1, -0.05) is 12.2 Å². The second kappa shape index (κ2) is 9.58. The van der Waals surface area contributed by atoms with E-state index in [1.54, 1.807) is 0 Å². The summed E-state index contributed by atoms with van der Waals surface area (Å²) in [6.45, 7) is 2.78. The van der Waals surface area contributed by atoms with Gasteiger partial charge in [-0.3, -0.25) is 4.99 Å². The van der Waals surface area contributed by atoms with Gasteiger partial charge in [-0.15, -0.1) is 24.0 Å². The van der Waals surface area contributed by atoms with E-state index in [9.17, 15) is 0 Å². The molecular formula is C14H26IN3O. The quantitative estimate of drug-likeness (QED) is 0.341. The summed E-state index contributed by atoms with van der Waals surface area (Å²) in [5.41, 5.74) is 0. The molecule has 1 heterocycles. The van der Waals surface area contributed by atoms with Crippen molar-refractivity contribution >= 4 is 29.9 Å². The fourth-order valence-electron chi connectivity index (χ4n) is 2.52. The number of nitrogens with one attached hydrogen (secondary N) is 2. The van der Waals surface area contributed by atoms with Gasteiger partial charge in [-0.2, -0.15) is 0 Å². The van der Waals surface area contributed by atoms with Crippen LogP contribution in [0.4, 0.5) is 0 Å². The molecule has 0 radical (unpaired) electrons. The van der Waals surface area contributed by atoms with Crippen LogP contribution in [0.5, 0.6) is 0 Å². The first-order valence-electron chi connectivity index (χ1n) is 7.09. The number of nitrogens with zero attached hydrogens (tertiary/aromatic N) is 1. The Morgan fingerprint density at radius 2 is 2.11 bits per heavy atom. The van der Waals surface area contributed by atoms with Crippen LogP contribution in [-0.2, 0) is 4.74 Å². The Hall–Kier alpha value is -0.300. The molecule has 2 aliphatic rings. The minimum atomic E-state index is 0. The zero-order chi connectivity index (χ0) is 12.6. The number of rotatable bonds is 4. The van der Waals surface area contributed by atoms with E-state index < -0.39 is 0 Å². The van der Waals surface area contributed by atoms with E-state index in [-0.39, 0.29) is 24.0 Å². The highest BCUT2D eigenvalue weighted by Crippen LogP contribution is 2.16. The van der Waals surface area contributed by atoms with Crippen LogP contribution in [-0.4, -0.2) is 38.8 Å². The Bertz CT molecular complexity index is 301. The number of hydrogen-bond donors (Lipinski definition) is 2. The maximum Gasteiger partial charge on any atom is 0.191 e. The van der Waals surface area contributed by atoms with Crippen molar-refractivity contribution in [2.45, 2.75) is 38.2 Å². The second-order valence-corrected chi connectivity index (χ2v) is 5.12. The number of allylic oxidation sites excluding steroid dienone is 2. The lowest BCUT2D eigenvalue weighted by Crippen LogP contribution is -2.42. The van der Waals surface area contributed by atoms with Crippen molar-refractivity contribution in [1.82, 2.24) is 10.6 Å². The SMILES string of the molecule is CN=C(NCC1CC=CCC1)NCC1CCCO1.I. The van der Waals surface area contributed by atoms with Crippen LogP contribution in [0.1, 0.15) is 32.1 Å². The van der Waals surface area contributed by atoms with Gasteiger partial charge in [0.1, 0.15) is 0 Å². The molecule has 1 aliphatic heterocycles. The number of ether oxygens (including phenoxy) is 1. The number of hydrogen-bond acceptors (Lipinski definition) is 2. The highest BCUT2D eigenvalue weighted by molar-refractivity contribution is 14.0. The predicted molar refractivity (Wildman–Crippen MR) is 90.2 cm³/mol. The molecule has 0 spiro atoms. The molecule has 2 atom stereocenters. The third-order valence-corrected chi connectivity index (χ3v) is 3.68. The number of aliphatic imine (C=N–C) groups is 1. The Morgan fingerprint density at radius 1 is 1.26 bits per heavy atom. The topological polar surface area (TPSA) is 45.7 Å². The Labute approximate surface area is 133 Å². The summed E-state index contributed by atoms with van der Waals surface area (Å²) in [6.07, 6.45) is 11.0. The lowest BCUT2D eigenvalue weighted by Gasteiger charge is -2.20. The van der Waals surface area contributed by atoms with E-state index in [0.29, 0.717) is 6.10 Å². The van der Waals surface area contributed by atoms with Crippen LogP contribution in [0.3, 0.4) is 0 Å². The van der Waals surface area contributed by atoms with Gasteiger partial charge < -0.3 is 15.4 Å². The summed E-state index contributed by atoms with van der Waals surface area (Å²) in [6, 6.07) is 0. The van der Waals surface area contributed by atoms with E-state index in [2.05, 4.69) is 27.8 Å². The molecule has 1 fully saturated rings. The largest absolute Gasteiger partial charge is 0.376 e. The van der Waals surface area contributed by atoms with Crippen LogP contribution >= 0.6 is 24.0 Å². The van der Waals surface area contributed by atoms with Crippen molar-refractivity contribution in [1.29, 1.82) is 0 Å². The average Bonchev–Trinajstić information content (AvgIpc) is 2.93. The molecule has 1 aliphatic carbocycles. The summed E-state index contributed by atoms with van der Waals surface area (Å²) in [4.78, 5) is 4.25. The van der Waals surface area contributed by atoms with Crippen LogP contribution in [0.15, 0.2) is 17.1 Å². The van der Waals surface area contributed by atoms with Gasteiger partial charge in [0.2, 0.25) is 0 Å². The number of guanidine groups is 1. The van der Waals surface area contributed by atoms with Crippen molar-refractivity contribution < 1.29 is 4.74 Å². The normalized spacial score (nSPS) is 26.9. The third kappa shape index (κ3) is 6.12. The molecule has 110 valence electrons. The summed E-state index contributed by atoms with van der Waals surface area (Å²) in [5.74, 6) is 1.65. The van der Waals surface area contributed by atoms with Crippen LogP contribution in [0.2, 0.25) is 0 Å². The first kappa shape index (κ1) is 16.8. The molecule has 4 nitrogen and oxygen atoms in total. The first-order valence-corrected chi connectivity index (χ1v) is 7.09. The fraction of sp³-hybridized carbons (Fsp3) is 0.786. The molecular weight excluding hydrogens is 353 g/mol. The molecule has 2 unspecified atom stereocenters. The van der Waals surface area contributed by atoms with Crippen molar-refractivity contribution in [3.63, 3.8) is 0 Å². The standard InChI is InChI=1S/C14H25N3O.HI/c1-15-14(17-11-13-8-5-9-18-13)16-10-12-6-3-2-4-7-12;/h2-3,12-13H,4-11H2,1H3,(H2,15,16,17);1H. The summed E-state index contributed by atoms with van der Waals surface area (Å²) in [5, 5.41) is 6.76. The van der Waals surface area contributed by atoms with Gasteiger partial charge in [-0.05, 0) is 38.0 Å². The smallest absolute Gasteiger partial charge is 0.191 e. The minimum absolute atomic E-state index is 0. The highest BCUT2D eigenvalue weighted by Gasteiger charge is 2.16. The number of halogens is 1. The zero-order valence-corrected chi connectivity index (χ0v) is 14.1. The maximum absolute atomic E-state index is 5.59. The van der Waals surface area contributed by atoms with Crippen molar-refractivity contribution in [3.8, 4) is 0 Å². The molecule has 1 saturated heterocycles. The van der Waals surface area contributed by atoms with E-state index in [4.69, 9.17) is 4.74 Å². The lowest BCUT2D eigenvalue weighted by atomic mass is 9.94. The molecule has 0 saturated carbocycles. The minimum Gasteiger partial charge on any atom is -0.376 e. The van der Waals surface area contributed by atoms with Gasteiger partial charge >= 0.3 is 0 Å². The third-order valence-electron chi connectivity index (χ3n) is 3.68. The van der Waals surface area contributed by atoms with Crippen LogP contribution < -0.4 is 10.6 Å². The summed E-state index contributed by atoms with van der Waals surface area (Å²) < 4.78 is 5.59. The van der Waals surface area contributed by atoms with Gasteiger partial charge in [0.15, 0.2) is 5.96 Å². The average molecular weight is 379 g/mol. The Morgan fingerprint density at radius 3 is 2.74 bits per heavy atom. The second-order valence-electron chi connectivity index (χ2n) is 5.12. The maximum atomic E-state index is 5.59.